The zero-order valence-electron chi connectivity index (χ0n) is 10.6. The Kier molecular flexibility index (Phi) is 4.15. The molecule has 3 amide bonds. The first kappa shape index (κ1) is 14.3. The smallest absolute Gasteiger partial charge is 0.326 e. The van der Waals surface area contributed by atoms with E-state index in [0.717, 1.165) is 0 Å². The summed E-state index contributed by atoms with van der Waals surface area (Å²) in [6, 6.07) is -1.24. The lowest BCUT2D eigenvalue weighted by Gasteiger charge is -2.25. The Morgan fingerprint density at radius 2 is 2.06 bits per heavy atom. The summed E-state index contributed by atoms with van der Waals surface area (Å²) >= 11 is 0. The number of aliphatic carboxylic acids is 1. The minimum Gasteiger partial charge on any atom is -0.480 e. The zero-order chi connectivity index (χ0) is 13.9. The number of hydrogen-bond acceptors (Lipinski definition) is 3. The van der Waals surface area contributed by atoms with Crippen molar-refractivity contribution < 1.29 is 19.5 Å². The van der Waals surface area contributed by atoms with Crippen LogP contribution in [0.25, 0.3) is 0 Å². The molecule has 4 N–H and O–H groups in total. The van der Waals surface area contributed by atoms with Crippen LogP contribution in [0, 0.1) is 5.41 Å². The molecule has 102 valence electrons. The van der Waals surface area contributed by atoms with Crippen molar-refractivity contribution in [3.8, 4) is 0 Å². The van der Waals surface area contributed by atoms with Gasteiger partial charge in [-0.2, -0.15) is 0 Å². The van der Waals surface area contributed by atoms with Crippen LogP contribution in [0.2, 0.25) is 0 Å². The molecule has 1 unspecified atom stereocenters. The van der Waals surface area contributed by atoms with E-state index in [1.165, 1.54) is 4.90 Å². The van der Waals surface area contributed by atoms with E-state index in [4.69, 9.17) is 10.8 Å². The van der Waals surface area contributed by atoms with Crippen molar-refractivity contribution in [1.82, 2.24) is 10.2 Å². The van der Waals surface area contributed by atoms with Crippen molar-refractivity contribution in [1.29, 1.82) is 0 Å². The maximum atomic E-state index is 11.8. The van der Waals surface area contributed by atoms with E-state index in [0.29, 0.717) is 19.4 Å². The van der Waals surface area contributed by atoms with Crippen LogP contribution in [-0.4, -0.2) is 47.0 Å². The molecule has 0 aliphatic carbocycles. The molecule has 1 aliphatic heterocycles. The first-order chi connectivity index (χ1) is 8.25. The van der Waals surface area contributed by atoms with Gasteiger partial charge in [-0.3, -0.25) is 4.79 Å². The Labute approximate surface area is 105 Å². The van der Waals surface area contributed by atoms with E-state index < -0.39 is 29.4 Å². The second-order valence-corrected chi connectivity index (χ2v) is 5.10. The maximum Gasteiger partial charge on any atom is 0.326 e. The number of carbonyl (C=O) groups excluding carboxylic acids is 2. The highest BCUT2D eigenvalue weighted by molar-refractivity contribution is 5.84. The standard InChI is InChI=1S/C11H19N3O4/c1-11(2,9(12)17)6-13-10(18)14-5-3-4-7(14)8(15)16/h7H,3-6H2,1-2H3,(H2,12,17)(H,13,18)(H,15,16). The van der Waals surface area contributed by atoms with Gasteiger partial charge in [0.15, 0.2) is 0 Å². The molecular formula is C11H19N3O4. The van der Waals surface area contributed by atoms with Crippen molar-refractivity contribution in [2.75, 3.05) is 13.1 Å². The largest absolute Gasteiger partial charge is 0.480 e. The van der Waals surface area contributed by atoms with Gasteiger partial charge in [0, 0.05) is 13.1 Å². The number of nitrogens with two attached hydrogens (primary N) is 1. The molecule has 18 heavy (non-hydrogen) atoms. The van der Waals surface area contributed by atoms with Gasteiger partial charge in [-0.1, -0.05) is 0 Å². The third-order valence-electron chi connectivity index (χ3n) is 3.15. The van der Waals surface area contributed by atoms with Gasteiger partial charge >= 0.3 is 12.0 Å². The lowest BCUT2D eigenvalue weighted by atomic mass is 9.93. The highest BCUT2D eigenvalue weighted by Crippen LogP contribution is 2.18. The minimum atomic E-state index is -1.00. The summed E-state index contributed by atoms with van der Waals surface area (Å²) in [6.45, 7) is 3.74. The highest BCUT2D eigenvalue weighted by Gasteiger charge is 2.35. The molecule has 0 aromatic rings. The topological polar surface area (TPSA) is 113 Å². The van der Waals surface area contributed by atoms with Crippen molar-refractivity contribution in [2.45, 2.75) is 32.7 Å². The number of urea groups is 1. The van der Waals surface area contributed by atoms with Gasteiger partial charge in [0.1, 0.15) is 6.04 Å². The molecule has 1 saturated heterocycles. The number of rotatable bonds is 4. The zero-order valence-corrected chi connectivity index (χ0v) is 10.6. The molecule has 7 nitrogen and oxygen atoms in total. The van der Waals surface area contributed by atoms with Crippen molar-refractivity contribution in [3.05, 3.63) is 0 Å². The van der Waals surface area contributed by atoms with Gasteiger partial charge in [0.25, 0.3) is 0 Å². The quantitative estimate of drug-likeness (QED) is 0.644. The maximum absolute atomic E-state index is 11.8. The summed E-state index contributed by atoms with van der Waals surface area (Å²) in [6.07, 6.45) is 1.13. The van der Waals surface area contributed by atoms with Gasteiger partial charge in [-0.25, -0.2) is 9.59 Å². The second-order valence-electron chi connectivity index (χ2n) is 5.10. The van der Waals surface area contributed by atoms with Gasteiger partial charge < -0.3 is 21.1 Å². The summed E-state index contributed by atoms with van der Waals surface area (Å²) in [7, 11) is 0. The number of amides is 3. The molecule has 0 aromatic carbocycles. The van der Waals surface area contributed by atoms with Crippen molar-refractivity contribution in [3.63, 3.8) is 0 Å². The number of hydrogen-bond donors (Lipinski definition) is 3. The molecule has 0 radical (unpaired) electrons. The average Bonchev–Trinajstić information content (AvgIpc) is 2.74. The van der Waals surface area contributed by atoms with Gasteiger partial charge in [-0.05, 0) is 26.7 Å². The summed E-state index contributed by atoms with van der Waals surface area (Å²) in [5.41, 5.74) is 4.33. The first-order valence-electron chi connectivity index (χ1n) is 5.83. The Balaban J connectivity index is 2.56. The SMILES string of the molecule is CC(C)(CNC(=O)N1CCCC1C(=O)O)C(N)=O. The summed E-state index contributed by atoms with van der Waals surface area (Å²) in [5.74, 6) is -1.52. The molecule has 1 rings (SSSR count). The molecule has 1 atom stereocenters. The Morgan fingerprint density at radius 1 is 1.44 bits per heavy atom. The highest BCUT2D eigenvalue weighted by atomic mass is 16.4. The van der Waals surface area contributed by atoms with Crippen LogP contribution in [-0.2, 0) is 9.59 Å². The Bertz CT molecular complexity index is 367. The van der Waals surface area contributed by atoms with E-state index in [1.807, 2.05) is 0 Å². The van der Waals surface area contributed by atoms with Crippen LogP contribution in [0.1, 0.15) is 26.7 Å². The van der Waals surface area contributed by atoms with E-state index in [1.54, 1.807) is 13.8 Å². The number of carboxylic acids is 1. The third-order valence-corrected chi connectivity index (χ3v) is 3.15. The van der Waals surface area contributed by atoms with Gasteiger partial charge in [0.2, 0.25) is 5.91 Å². The summed E-state index contributed by atoms with van der Waals surface area (Å²) < 4.78 is 0. The van der Waals surface area contributed by atoms with Gasteiger partial charge in [0.05, 0.1) is 5.41 Å². The molecule has 1 aliphatic rings. The summed E-state index contributed by atoms with van der Waals surface area (Å²) in [5, 5.41) is 11.5. The van der Waals surface area contributed by atoms with Crippen LogP contribution in [0.15, 0.2) is 0 Å². The Morgan fingerprint density at radius 3 is 2.56 bits per heavy atom. The van der Waals surface area contributed by atoms with Crippen LogP contribution >= 0.6 is 0 Å². The van der Waals surface area contributed by atoms with Crippen LogP contribution < -0.4 is 11.1 Å². The predicted octanol–water partition coefficient (Wildman–Crippen LogP) is -0.243. The van der Waals surface area contributed by atoms with Crippen LogP contribution in [0.5, 0.6) is 0 Å². The van der Waals surface area contributed by atoms with E-state index in [-0.39, 0.29) is 6.54 Å². The fourth-order valence-electron chi connectivity index (χ4n) is 1.75. The fourth-order valence-corrected chi connectivity index (χ4v) is 1.75. The number of nitrogens with one attached hydrogen (secondary N) is 1. The minimum absolute atomic E-state index is 0.0873. The monoisotopic (exact) mass is 257 g/mol. The number of nitrogens with zero attached hydrogens (tertiary/aromatic N) is 1. The lowest BCUT2D eigenvalue weighted by Crippen LogP contribution is -2.50. The second kappa shape index (κ2) is 5.24. The molecular weight excluding hydrogens is 238 g/mol. The predicted molar refractivity (Wildman–Crippen MR) is 63.7 cm³/mol. The number of likely N-dealkylation sites (tertiary alicyclic amines) is 1. The number of carbonyl (C=O) groups is 3. The summed E-state index contributed by atoms with van der Waals surface area (Å²) in [4.78, 5) is 35.1. The first-order valence-corrected chi connectivity index (χ1v) is 5.83. The molecule has 0 aromatic heterocycles. The van der Waals surface area contributed by atoms with E-state index >= 15 is 0 Å². The number of primary amides is 1. The van der Waals surface area contributed by atoms with E-state index in [2.05, 4.69) is 5.32 Å². The van der Waals surface area contributed by atoms with Crippen LogP contribution in [0.3, 0.4) is 0 Å². The molecule has 0 spiro atoms. The van der Waals surface area contributed by atoms with Gasteiger partial charge in [-0.15, -0.1) is 0 Å². The Hall–Kier alpha value is -1.79. The van der Waals surface area contributed by atoms with Crippen molar-refractivity contribution >= 4 is 17.9 Å². The van der Waals surface area contributed by atoms with Crippen LogP contribution in [0.4, 0.5) is 4.79 Å². The van der Waals surface area contributed by atoms with E-state index in [9.17, 15) is 14.4 Å². The number of carboxylic acid groups (broad SMARTS) is 1. The molecule has 0 bridgehead atoms. The molecule has 0 saturated carbocycles. The lowest BCUT2D eigenvalue weighted by molar-refractivity contribution is -0.141. The molecule has 1 heterocycles. The average molecular weight is 257 g/mol. The third kappa shape index (κ3) is 3.12. The molecule has 7 heteroatoms. The van der Waals surface area contributed by atoms with Crippen molar-refractivity contribution in [2.24, 2.45) is 11.1 Å². The fraction of sp³-hybridized carbons (Fsp3) is 0.727. The molecule has 1 fully saturated rings. The normalized spacial score (nSPS) is 19.7.